The lowest BCUT2D eigenvalue weighted by atomic mass is 9.98. The van der Waals surface area contributed by atoms with Gasteiger partial charge in [0.25, 0.3) is 0 Å². The molecule has 0 aliphatic heterocycles. The smallest absolute Gasteiger partial charge is 0.231 e. The Morgan fingerprint density at radius 1 is 1.17 bits per heavy atom. The molecule has 4 heteroatoms. The first kappa shape index (κ1) is 19.7. The largest absolute Gasteiger partial charge is 0.322 e. The van der Waals surface area contributed by atoms with Gasteiger partial charge in [-0.1, -0.05) is 45.3 Å². The van der Waals surface area contributed by atoms with Gasteiger partial charge in [-0.15, -0.1) is 13.2 Å². The second kappa shape index (κ2) is 9.08. The molecule has 1 aromatic heterocycles. The molecule has 0 spiro atoms. The topological polar surface area (TPSA) is 39.1 Å². The maximum absolute atomic E-state index is 13.6. The summed E-state index contributed by atoms with van der Waals surface area (Å²) >= 11 is 0. The monoisotopic (exact) mass is 335 g/mol. The Morgan fingerprint density at radius 3 is 2.22 bits per heavy atom. The van der Waals surface area contributed by atoms with Gasteiger partial charge in [0, 0.05) is 36.3 Å². The zero-order valence-corrected chi connectivity index (χ0v) is 15.4. The van der Waals surface area contributed by atoms with Crippen LogP contribution >= 0.6 is 7.14 Å². The molecule has 0 fully saturated rings. The summed E-state index contributed by atoms with van der Waals surface area (Å²) in [5.41, 5.74) is 0. The van der Waals surface area contributed by atoms with Gasteiger partial charge in [-0.2, -0.15) is 0 Å². The van der Waals surface area contributed by atoms with Crippen molar-refractivity contribution in [2.24, 2.45) is 0 Å². The second-order valence-corrected chi connectivity index (χ2v) is 10.0. The maximum Gasteiger partial charge on any atom is 0.231 e. The van der Waals surface area contributed by atoms with Crippen LogP contribution in [0.4, 0.5) is 0 Å². The van der Waals surface area contributed by atoms with Crippen LogP contribution in [0.3, 0.4) is 0 Å². The standard InChI is InChI=1S/C19H30NO2P/c1-5-8-9-12-19(4,23(22,15-6-2)16-7-3)17-18(21)20-13-10-11-14-20/h6-7,10-11,13-14H,2-3,5,8-9,12,15-17H2,1,4H3/t19-/m1/s1. The minimum Gasteiger partial charge on any atom is -0.322 e. The lowest BCUT2D eigenvalue weighted by Gasteiger charge is -2.37. The SMILES string of the molecule is C=CCP(=O)(CC=C)[C@](C)(CCCCC)CC(=O)n1cccc1. The molecule has 0 unspecified atom stereocenters. The van der Waals surface area contributed by atoms with E-state index < -0.39 is 12.3 Å². The second-order valence-electron chi connectivity index (χ2n) is 6.45. The van der Waals surface area contributed by atoms with Crippen LogP contribution in [-0.4, -0.2) is 28.0 Å². The Kier molecular flexibility index (Phi) is 7.78. The molecule has 0 aliphatic rings. The lowest BCUT2D eigenvalue weighted by Crippen LogP contribution is -2.32. The Hall–Kier alpha value is -1.34. The molecule has 3 nitrogen and oxygen atoms in total. The molecule has 0 amide bonds. The fraction of sp³-hybridized carbons (Fsp3) is 0.526. The van der Waals surface area contributed by atoms with E-state index in [4.69, 9.17) is 0 Å². The predicted octanol–water partition coefficient (Wildman–Crippen LogP) is 5.59. The van der Waals surface area contributed by atoms with E-state index in [1.165, 1.54) is 0 Å². The molecule has 0 aliphatic carbocycles. The number of nitrogens with zero attached hydrogens (tertiary/aromatic N) is 1. The highest BCUT2D eigenvalue weighted by Crippen LogP contribution is 2.61. The number of aromatic nitrogens is 1. The van der Waals surface area contributed by atoms with E-state index in [2.05, 4.69) is 20.1 Å². The first-order valence-corrected chi connectivity index (χ1v) is 10.5. The number of unbranched alkanes of at least 4 members (excludes halogenated alkanes) is 2. The van der Waals surface area contributed by atoms with Gasteiger partial charge in [0.15, 0.2) is 0 Å². The van der Waals surface area contributed by atoms with E-state index in [1.54, 1.807) is 29.1 Å². The van der Waals surface area contributed by atoms with Gasteiger partial charge >= 0.3 is 0 Å². The molecule has 0 aromatic carbocycles. The number of carbonyl (C=O) groups excluding carboxylic acids is 1. The summed E-state index contributed by atoms with van der Waals surface area (Å²) in [5, 5.41) is -0.508. The van der Waals surface area contributed by atoms with Gasteiger partial charge in [0.1, 0.15) is 7.14 Å². The molecule has 1 atom stereocenters. The average molecular weight is 335 g/mol. The van der Waals surface area contributed by atoms with Crippen molar-refractivity contribution >= 4 is 13.0 Å². The molecule has 128 valence electrons. The van der Waals surface area contributed by atoms with E-state index in [-0.39, 0.29) is 5.91 Å². The summed E-state index contributed by atoms with van der Waals surface area (Å²) in [5.74, 6) is 0.00217. The number of hydrogen-bond acceptors (Lipinski definition) is 2. The highest BCUT2D eigenvalue weighted by atomic mass is 31.2. The Morgan fingerprint density at radius 2 is 1.74 bits per heavy atom. The molecule has 1 heterocycles. The van der Waals surface area contributed by atoms with Gasteiger partial charge in [0.2, 0.25) is 5.91 Å². The summed E-state index contributed by atoms with van der Waals surface area (Å²) in [7, 11) is -2.61. The number of rotatable bonds is 11. The zero-order chi connectivity index (χ0) is 17.3. The van der Waals surface area contributed by atoms with E-state index in [0.717, 1.165) is 25.7 Å². The molecular formula is C19H30NO2P. The van der Waals surface area contributed by atoms with Crippen molar-refractivity contribution in [1.82, 2.24) is 4.57 Å². The van der Waals surface area contributed by atoms with Crippen LogP contribution in [0.15, 0.2) is 49.8 Å². The van der Waals surface area contributed by atoms with E-state index in [1.807, 2.05) is 19.1 Å². The highest BCUT2D eigenvalue weighted by molar-refractivity contribution is 7.65. The molecule has 1 rings (SSSR count). The normalized spacial score (nSPS) is 14.2. The molecule has 0 saturated heterocycles. The molecule has 0 N–H and O–H groups in total. The lowest BCUT2D eigenvalue weighted by molar-refractivity contribution is 0.0886. The van der Waals surface area contributed by atoms with E-state index in [0.29, 0.717) is 18.7 Å². The van der Waals surface area contributed by atoms with Crippen LogP contribution < -0.4 is 0 Å². The van der Waals surface area contributed by atoms with Crippen LogP contribution in [0, 0.1) is 0 Å². The molecule has 0 saturated carbocycles. The summed E-state index contributed by atoms with van der Waals surface area (Å²) in [6.07, 6.45) is 12.2. The van der Waals surface area contributed by atoms with Gasteiger partial charge in [-0.05, 0) is 18.6 Å². The van der Waals surface area contributed by atoms with Gasteiger partial charge in [-0.25, -0.2) is 0 Å². The molecular weight excluding hydrogens is 305 g/mol. The van der Waals surface area contributed by atoms with Gasteiger partial charge in [0.05, 0.1) is 0 Å². The highest BCUT2D eigenvalue weighted by Gasteiger charge is 2.43. The van der Waals surface area contributed by atoms with E-state index in [9.17, 15) is 9.36 Å². The average Bonchev–Trinajstić information content (AvgIpc) is 3.02. The van der Waals surface area contributed by atoms with Crippen molar-refractivity contribution in [3.63, 3.8) is 0 Å². The molecule has 0 bridgehead atoms. The summed E-state index contributed by atoms with van der Waals surface area (Å²) in [4.78, 5) is 12.6. The summed E-state index contributed by atoms with van der Waals surface area (Å²) in [6, 6.07) is 3.67. The fourth-order valence-corrected chi connectivity index (χ4v) is 5.90. The number of hydrogen-bond donors (Lipinski definition) is 0. The van der Waals surface area contributed by atoms with Crippen molar-refractivity contribution in [1.29, 1.82) is 0 Å². The van der Waals surface area contributed by atoms with Gasteiger partial charge in [-0.3, -0.25) is 9.36 Å². The van der Waals surface area contributed by atoms with Crippen LogP contribution in [0.2, 0.25) is 0 Å². The Labute approximate surface area is 140 Å². The zero-order valence-electron chi connectivity index (χ0n) is 14.5. The molecule has 0 radical (unpaired) electrons. The van der Waals surface area contributed by atoms with Crippen molar-refractivity contribution < 1.29 is 9.36 Å². The Balaban J connectivity index is 3.08. The minimum absolute atomic E-state index is 0.00217. The van der Waals surface area contributed by atoms with Crippen LogP contribution in [-0.2, 0) is 4.57 Å². The quantitative estimate of drug-likeness (QED) is 0.300. The van der Waals surface area contributed by atoms with Crippen molar-refractivity contribution in [3.05, 3.63) is 49.8 Å². The van der Waals surface area contributed by atoms with Crippen molar-refractivity contribution in [2.45, 2.75) is 51.1 Å². The summed E-state index contributed by atoms with van der Waals surface area (Å²) in [6.45, 7) is 11.7. The molecule has 1 aromatic rings. The van der Waals surface area contributed by atoms with Crippen LogP contribution in [0.25, 0.3) is 0 Å². The first-order chi connectivity index (χ1) is 10.9. The third-order valence-corrected chi connectivity index (χ3v) is 8.62. The fourth-order valence-electron chi connectivity index (χ4n) is 3.04. The van der Waals surface area contributed by atoms with Crippen LogP contribution in [0.5, 0.6) is 0 Å². The Bertz CT molecular complexity index is 548. The first-order valence-electron chi connectivity index (χ1n) is 8.38. The summed E-state index contributed by atoms with van der Waals surface area (Å²) < 4.78 is 15.2. The maximum atomic E-state index is 13.6. The van der Waals surface area contributed by atoms with Crippen LogP contribution in [0.1, 0.15) is 50.7 Å². The number of allylic oxidation sites excluding steroid dienone is 2. The molecule has 23 heavy (non-hydrogen) atoms. The minimum atomic E-state index is -2.61. The third kappa shape index (κ3) is 5.07. The number of carbonyl (C=O) groups is 1. The van der Waals surface area contributed by atoms with Crippen molar-refractivity contribution in [2.75, 3.05) is 12.3 Å². The predicted molar refractivity (Wildman–Crippen MR) is 100.0 cm³/mol. The van der Waals surface area contributed by atoms with E-state index >= 15 is 0 Å². The van der Waals surface area contributed by atoms with Crippen molar-refractivity contribution in [3.8, 4) is 0 Å². The third-order valence-electron chi connectivity index (χ3n) is 4.58. The van der Waals surface area contributed by atoms with Gasteiger partial charge < -0.3 is 4.57 Å².